The zero-order valence-electron chi connectivity index (χ0n) is 8.11. The lowest BCUT2D eigenvalue weighted by Crippen LogP contribution is -2.32. The van der Waals surface area contributed by atoms with Gasteiger partial charge in [-0.1, -0.05) is 38.3 Å². The highest BCUT2D eigenvalue weighted by atomic mass is 31.1. The van der Waals surface area contributed by atoms with E-state index >= 15 is 0 Å². The van der Waals surface area contributed by atoms with Crippen molar-refractivity contribution in [3.05, 3.63) is 30.3 Å². The van der Waals surface area contributed by atoms with E-state index in [4.69, 9.17) is 0 Å². The highest BCUT2D eigenvalue weighted by molar-refractivity contribution is 7.65. The molecule has 0 amide bonds. The molecule has 0 aromatic heterocycles. The molecule has 0 atom stereocenters. The van der Waals surface area contributed by atoms with Gasteiger partial charge in [-0.2, -0.15) is 0 Å². The third-order valence-electron chi connectivity index (χ3n) is 2.62. The lowest BCUT2D eigenvalue weighted by atomic mass is 10.4. The van der Waals surface area contributed by atoms with Crippen LogP contribution in [-0.2, 0) is 0 Å². The Morgan fingerprint density at radius 1 is 1.08 bits per heavy atom. The predicted octanol–water partition coefficient (Wildman–Crippen LogP) is 1.74. The van der Waals surface area contributed by atoms with E-state index in [1.54, 1.807) is 5.30 Å². The van der Waals surface area contributed by atoms with Crippen LogP contribution in [0.25, 0.3) is 0 Å². The van der Waals surface area contributed by atoms with Crippen LogP contribution in [0, 0.1) is 0 Å². The molecule has 1 aromatic carbocycles. The summed E-state index contributed by atoms with van der Waals surface area (Å²) in [6.45, 7) is 2.56. The second-order valence-corrected chi connectivity index (χ2v) is 6.12. The largest absolute Gasteiger partial charge is 0.306 e. The zero-order valence-corrected chi connectivity index (χ0v) is 9.00. The van der Waals surface area contributed by atoms with E-state index < -0.39 is 0 Å². The second kappa shape index (κ2) is 4.21. The first-order valence-corrected chi connectivity index (χ1v) is 6.56. The summed E-state index contributed by atoms with van der Waals surface area (Å²) in [5, 5.41) is 1.59. The Balaban J connectivity index is 2.03. The summed E-state index contributed by atoms with van der Waals surface area (Å²) in [6.07, 6.45) is 2.77. The SMILES string of the molecule is CN1CCP(c2ccccc2)CC1. The summed E-state index contributed by atoms with van der Waals surface area (Å²) in [5.74, 6) is 0. The lowest BCUT2D eigenvalue weighted by Gasteiger charge is -2.29. The minimum absolute atomic E-state index is 0.165. The van der Waals surface area contributed by atoms with Gasteiger partial charge in [-0.3, -0.25) is 0 Å². The standard InChI is InChI=1S/C11H16NP/c1-12-7-9-13(10-8-12)11-5-3-2-4-6-11/h2-6H,7-10H2,1H3. The lowest BCUT2D eigenvalue weighted by molar-refractivity contribution is 0.369. The molecule has 0 N–H and O–H groups in total. The van der Waals surface area contributed by atoms with E-state index in [0.29, 0.717) is 0 Å². The van der Waals surface area contributed by atoms with Crippen molar-refractivity contribution in [2.24, 2.45) is 0 Å². The summed E-state index contributed by atoms with van der Waals surface area (Å²) >= 11 is 0. The first-order chi connectivity index (χ1) is 6.36. The predicted molar refractivity (Wildman–Crippen MR) is 60.2 cm³/mol. The normalized spacial score (nSPS) is 20.4. The number of nitrogens with zero attached hydrogens (tertiary/aromatic N) is 1. The Labute approximate surface area is 81.5 Å². The molecule has 2 rings (SSSR count). The van der Waals surface area contributed by atoms with Crippen molar-refractivity contribution in [3.8, 4) is 0 Å². The molecule has 0 unspecified atom stereocenters. The smallest absolute Gasteiger partial charge is 0.00208 e. The molecular weight excluding hydrogens is 177 g/mol. The first kappa shape index (κ1) is 9.18. The summed E-state index contributed by atoms with van der Waals surface area (Å²) in [4.78, 5) is 2.43. The molecule has 2 heteroatoms. The zero-order chi connectivity index (χ0) is 9.10. The van der Waals surface area contributed by atoms with Crippen LogP contribution in [0.5, 0.6) is 0 Å². The van der Waals surface area contributed by atoms with Gasteiger partial charge in [0, 0.05) is 13.1 Å². The molecule has 0 spiro atoms. The third kappa shape index (κ3) is 2.30. The number of hydrogen-bond donors (Lipinski definition) is 0. The molecule has 0 radical (unpaired) electrons. The fraction of sp³-hybridized carbons (Fsp3) is 0.455. The number of rotatable bonds is 1. The quantitative estimate of drug-likeness (QED) is 0.614. The average molecular weight is 193 g/mol. The van der Waals surface area contributed by atoms with Crippen molar-refractivity contribution < 1.29 is 0 Å². The van der Waals surface area contributed by atoms with Crippen molar-refractivity contribution in [1.82, 2.24) is 4.90 Å². The molecule has 1 nitrogen and oxygen atoms in total. The molecule has 70 valence electrons. The van der Waals surface area contributed by atoms with Gasteiger partial charge in [0.2, 0.25) is 0 Å². The Kier molecular flexibility index (Phi) is 2.97. The molecule has 0 saturated carbocycles. The van der Waals surface area contributed by atoms with E-state index in [9.17, 15) is 0 Å². The van der Waals surface area contributed by atoms with E-state index in [2.05, 4.69) is 42.3 Å². The Morgan fingerprint density at radius 3 is 2.31 bits per heavy atom. The van der Waals surface area contributed by atoms with Gasteiger partial charge in [0.25, 0.3) is 0 Å². The van der Waals surface area contributed by atoms with Gasteiger partial charge in [0.15, 0.2) is 0 Å². The van der Waals surface area contributed by atoms with Gasteiger partial charge in [-0.25, -0.2) is 0 Å². The van der Waals surface area contributed by atoms with Crippen molar-refractivity contribution in [1.29, 1.82) is 0 Å². The van der Waals surface area contributed by atoms with E-state index in [1.165, 1.54) is 25.4 Å². The summed E-state index contributed by atoms with van der Waals surface area (Å²) in [7, 11) is 2.38. The van der Waals surface area contributed by atoms with E-state index in [1.807, 2.05) is 0 Å². The highest BCUT2D eigenvalue weighted by Gasteiger charge is 2.16. The van der Waals surface area contributed by atoms with Crippen molar-refractivity contribution in [2.75, 3.05) is 32.5 Å². The molecule has 1 aliphatic rings. The maximum atomic E-state index is 2.43. The molecule has 1 aliphatic heterocycles. The van der Waals surface area contributed by atoms with Gasteiger partial charge in [-0.15, -0.1) is 0 Å². The van der Waals surface area contributed by atoms with Crippen LogP contribution in [-0.4, -0.2) is 37.4 Å². The fourth-order valence-electron chi connectivity index (χ4n) is 1.70. The maximum absolute atomic E-state index is 2.43. The molecular formula is C11H16NP. The average Bonchev–Trinajstić information content (AvgIpc) is 2.20. The molecule has 0 bridgehead atoms. The van der Waals surface area contributed by atoms with Gasteiger partial charge in [0.05, 0.1) is 0 Å². The van der Waals surface area contributed by atoms with Gasteiger partial charge < -0.3 is 4.90 Å². The molecule has 1 heterocycles. The molecule has 1 saturated heterocycles. The fourth-order valence-corrected chi connectivity index (χ4v) is 4.20. The highest BCUT2D eigenvalue weighted by Crippen LogP contribution is 2.36. The van der Waals surface area contributed by atoms with Gasteiger partial charge in [0.1, 0.15) is 0 Å². The third-order valence-corrected chi connectivity index (χ3v) is 5.13. The van der Waals surface area contributed by atoms with E-state index in [-0.39, 0.29) is 7.92 Å². The number of benzene rings is 1. The Hall–Kier alpha value is -0.390. The maximum Gasteiger partial charge on any atom is 0.00208 e. The monoisotopic (exact) mass is 193 g/mol. The van der Waals surface area contributed by atoms with Crippen LogP contribution in [0.1, 0.15) is 0 Å². The van der Waals surface area contributed by atoms with Crippen LogP contribution in [0.15, 0.2) is 30.3 Å². The minimum Gasteiger partial charge on any atom is -0.306 e. The van der Waals surface area contributed by atoms with Crippen molar-refractivity contribution in [2.45, 2.75) is 0 Å². The first-order valence-electron chi connectivity index (χ1n) is 4.85. The van der Waals surface area contributed by atoms with Crippen LogP contribution in [0.3, 0.4) is 0 Å². The Morgan fingerprint density at radius 2 is 1.69 bits per heavy atom. The second-order valence-electron chi connectivity index (χ2n) is 3.63. The summed E-state index contributed by atoms with van der Waals surface area (Å²) < 4.78 is 0. The van der Waals surface area contributed by atoms with Crippen LogP contribution in [0.4, 0.5) is 0 Å². The van der Waals surface area contributed by atoms with Gasteiger partial charge >= 0.3 is 0 Å². The molecule has 1 fully saturated rings. The molecule has 1 aromatic rings. The summed E-state index contributed by atoms with van der Waals surface area (Å²) in [5.41, 5.74) is 0. The molecule has 0 aliphatic carbocycles. The van der Waals surface area contributed by atoms with Crippen LogP contribution < -0.4 is 5.30 Å². The number of hydrogen-bond acceptors (Lipinski definition) is 1. The van der Waals surface area contributed by atoms with Crippen LogP contribution in [0.2, 0.25) is 0 Å². The van der Waals surface area contributed by atoms with Crippen LogP contribution >= 0.6 is 7.92 Å². The summed E-state index contributed by atoms with van der Waals surface area (Å²) in [6, 6.07) is 11.0. The van der Waals surface area contributed by atoms with Crippen molar-refractivity contribution >= 4 is 13.2 Å². The molecule has 13 heavy (non-hydrogen) atoms. The Bertz CT molecular complexity index is 252. The van der Waals surface area contributed by atoms with Crippen molar-refractivity contribution in [3.63, 3.8) is 0 Å². The van der Waals surface area contributed by atoms with Gasteiger partial charge in [-0.05, 0) is 24.7 Å². The van der Waals surface area contributed by atoms with E-state index in [0.717, 1.165) is 0 Å². The minimum atomic E-state index is 0.165. The topological polar surface area (TPSA) is 3.24 Å².